The van der Waals surface area contributed by atoms with Crippen LogP contribution in [0.3, 0.4) is 0 Å². The van der Waals surface area contributed by atoms with Gasteiger partial charge in [0.1, 0.15) is 0 Å². The van der Waals surface area contributed by atoms with Gasteiger partial charge in [-0.15, -0.1) is 0 Å². The molecule has 0 aromatic carbocycles. The van der Waals surface area contributed by atoms with E-state index in [9.17, 15) is 0 Å². The molecule has 2 rings (SSSR count). The van der Waals surface area contributed by atoms with Crippen LogP contribution in [0.5, 0.6) is 0 Å². The van der Waals surface area contributed by atoms with Crippen molar-refractivity contribution in [3.8, 4) is 0 Å². The van der Waals surface area contributed by atoms with Gasteiger partial charge in [0, 0.05) is 26.2 Å². The number of nitrogens with two attached hydrogens (primary N) is 1. The molecule has 20 heavy (non-hydrogen) atoms. The van der Waals surface area contributed by atoms with Gasteiger partial charge in [-0.1, -0.05) is 6.92 Å². The van der Waals surface area contributed by atoms with Crippen LogP contribution in [0.1, 0.15) is 27.2 Å². The zero-order chi connectivity index (χ0) is 14.5. The summed E-state index contributed by atoms with van der Waals surface area (Å²) in [4.78, 5) is 17.3. The van der Waals surface area contributed by atoms with E-state index >= 15 is 0 Å². The quantitative estimate of drug-likeness (QED) is 0.858. The highest BCUT2D eigenvalue weighted by atomic mass is 16.5. The smallest absolute Gasteiger partial charge is 0.232 e. The molecule has 7 nitrogen and oxygen atoms in total. The van der Waals surface area contributed by atoms with Crippen molar-refractivity contribution in [2.24, 2.45) is 0 Å². The molecule has 2 heterocycles. The van der Waals surface area contributed by atoms with Gasteiger partial charge in [-0.25, -0.2) is 0 Å². The highest BCUT2D eigenvalue weighted by Gasteiger charge is 2.22. The summed E-state index contributed by atoms with van der Waals surface area (Å²) in [6.07, 6.45) is 1.22. The summed E-state index contributed by atoms with van der Waals surface area (Å²) < 4.78 is 5.67. The van der Waals surface area contributed by atoms with Gasteiger partial charge in [-0.05, 0) is 20.3 Å². The lowest BCUT2D eigenvalue weighted by Crippen LogP contribution is -2.43. The van der Waals surface area contributed by atoms with Gasteiger partial charge < -0.3 is 20.3 Å². The molecule has 0 radical (unpaired) electrons. The first-order valence-corrected chi connectivity index (χ1v) is 7.30. The third-order valence-corrected chi connectivity index (χ3v) is 3.55. The van der Waals surface area contributed by atoms with Gasteiger partial charge in [0.2, 0.25) is 17.8 Å². The largest absolute Gasteiger partial charge is 0.375 e. The molecule has 1 aliphatic heterocycles. The Morgan fingerprint density at radius 3 is 2.65 bits per heavy atom. The van der Waals surface area contributed by atoms with Crippen LogP contribution in [0.25, 0.3) is 0 Å². The van der Waals surface area contributed by atoms with Crippen LogP contribution in [0.4, 0.5) is 17.8 Å². The molecular weight excluding hydrogens is 256 g/mol. The minimum Gasteiger partial charge on any atom is -0.375 e. The Kier molecular flexibility index (Phi) is 4.94. The molecule has 1 fully saturated rings. The van der Waals surface area contributed by atoms with E-state index in [0.29, 0.717) is 18.5 Å². The standard InChI is InChI=1S/C13H24N6O/c1-4-10-9-19(7-8-20-10)13-16-11(14)15-12(17-13)18(5-2)6-3/h10H,4-9H2,1-3H3,(H2,14,15,16,17). The Bertz CT molecular complexity index is 437. The predicted octanol–water partition coefficient (Wildman–Crippen LogP) is 0.915. The summed E-state index contributed by atoms with van der Waals surface area (Å²) in [5, 5.41) is 0. The van der Waals surface area contributed by atoms with Crippen molar-refractivity contribution in [1.82, 2.24) is 15.0 Å². The zero-order valence-corrected chi connectivity index (χ0v) is 12.5. The number of nitrogen functional groups attached to an aromatic ring is 1. The summed E-state index contributed by atoms with van der Waals surface area (Å²) in [5.74, 6) is 1.58. The van der Waals surface area contributed by atoms with Crippen LogP contribution in [0.2, 0.25) is 0 Å². The number of rotatable bonds is 5. The van der Waals surface area contributed by atoms with E-state index < -0.39 is 0 Å². The van der Waals surface area contributed by atoms with E-state index in [1.165, 1.54) is 0 Å². The molecule has 1 saturated heterocycles. The van der Waals surface area contributed by atoms with Crippen LogP contribution in [-0.4, -0.2) is 53.8 Å². The van der Waals surface area contributed by atoms with Crippen molar-refractivity contribution in [1.29, 1.82) is 0 Å². The normalized spacial score (nSPS) is 19.1. The Hall–Kier alpha value is -1.63. The summed E-state index contributed by atoms with van der Waals surface area (Å²) >= 11 is 0. The molecule has 0 bridgehead atoms. The van der Waals surface area contributed by atoms with Crippen molar-refractivity contribution in [3.63, 3.8) is 0 Å². The lowest BCUT2D eigenvalue weighted by atomic mass is 10.2. The van der Waals surface area contributed by atoms with E-state index in [1.807, 2.05) is 0 Å². The Morgan fingerprint density at radius 2 is 2.00 bits per heavy atom. The van der Waals surface area contributed by atoms with Crippen molar-refractivity contribution >= 4 is 17.8 Å². The first-order chi connectivity index (χ1) is 9.67. The predicted molar refractivity (Wildman–Crippen MR) is 80.0 cm³/mol. The zero-order valence-electron chi connectivity index (χ0n) is 12.5. The number of ether oxygens (including phenoxy) is 1. The SMILES string of the molecule is CCC1CN(c2nc(N)nc(N(CC)CC)n2)CCO1. The van der Waals surface area contributed by atoms with Crippen LogP contribution < -0.4 is 15.5 Å². The second kappa shape index (κ2) is 6.69. The molecule has 0 aliphatic carbocycles. The Morgan fingerprint density at radius 1 is 1.25 bits per heavy atom. The third kappa shape index (κ3) is 3.27. The van der Waals surface area contributed by atoms with Crippen LogP contribution in [-0.2, 0) is 4.74 Å². The number of anilines is 3. The van der Waals surface area contributed by atoms with E-state index in [0.717, 1.165) is 32.6 Å². The van der Waals surface area contributed by atoms with Crippen LogP contribution in [0, 0.1) is 0 Å². The van der Waals surface area contributed by atoms with Gasteiger partial charge in [0.15, 0.2) is 0 Å². The second-order valence-corrected chi connectivity index (χ2v) is 4.81. The fourth-order valence-electron chi connectivity index (χ4n) is 2.31. The van der Waals surface area contributed by atoms with E-state index in [2.05, 4.69) is 45.5 Å². The average Bonchev–Trinajstić information content (AvgIpc) is 2.48. The lowest BCUT2D eigenvalue weighted by molar-refractivity contribution is 0.0379. The first kappa shape index (κ1) is 14.8. The second-order valence-electron chi connectivity index (χ2n) is 4.81. The molecule has 1 aromatic rings. The molecule has 1 atom stereocenters. The van der Waals surface area contributed by atoms with E-state index in [4.69, 9.17) is 10.5 Å². The lowest BCUT2D eigenvalue weighted by Gasteiger charge is -2.32. The number of nitrogens with zero attached hydrogens (tertiary/aromatic N) is 5. The maximum absolute atomic E-state index is 5.83. The third-order valence-electron chi connectivity index (χ3n) is 3.55. The number of morpholine rings is 1. The van der Waals surface area contributed by atoms with Gasteiger partial charge >= 0.3 is 0 Å². The van der Waals surface area contributed by atoms with Crippen molar-refractivity contribution in [2.45, 2.75) is 33.3 Å². The Labute approximate surface area is 120 Å². The maximum Gasteiger partial charge on any atom is 0.232 e. The molecule has 112 valence electrons. The summed E-state index contributed by atoms with van der Waals surface area (Å²) in [5.41, 5.74) is 5.83. The minimum absolute atomic E-state index is 0.235. The van der Waals surface area contributed by atoms with Crippen LogP contribution in [0.15, 0.2) is 0 Å². The number of aromatic nitrogens is 3. The topological polar surface area (TPSA) is 80.4 Å². The molecule has 1 aromatic heterocycles. The van der Waals surface area contributed by atoms with Gasteiger partial charge in [-0.3, -0.25) is 0 Å². The number of hydrogen-bond donors (Lipinski definition) is 1. The minimum atomic E-state index is 0.235. The van der Waals surface area contributed by atoms with Gasteiger partial charge in [-0.2, -0.15) is 15.0 Å². The molecule has 1 unspecified atom stereocenters. The van der Waals surface area contributed by atoms with Crippen molar-refractivity contribution in [3.05, 3.63) is 0 Å². The molecule has 1 aliphatic rings. The monoisotopic (exact) mass is 280 g/mol. The summed E-state index contributed by atoms with van der Waals surface area (Å²) in [6, 6.07) is 0. The van der Waals surface area contributed by atoms with E-state index in [-0.39, 0.29) is 12.1 Å². The van der Waals surface area contributed by atoms with Gasteiger partial charge in [0.25, 0.3) is 0 Å². The van der Waals surface area contributed by atoms with Crippen molar-refractivity contribution < 1.29 is 4.74 Å². The highest BCUT2D eigenvalue weighted by Crippen LogP contribution is 2.18. The maximum atomic E-state index is 5.83. The molecule has 0 amide bonds. The van der Waals surface area contributed by atoms with Gasteiger partial charge in [0.05, 0.1) is 12.7 Å². The molecule has 7 heteroatoms. The molecule has 0 spiro atoms. The van der Waals surface area contributed by atoms with Crippen molar-refractivity contribution in [2.75, 3.05) is 48.3 Å². The van der Waals surface area contributed by atoms with Crippen LogP contribution >= 0.6 is 0 Å². The average molecular weight is 280 g/mol. The molecule has 0 saturated carbocycles. The summed E-state index contributed by atoms with van der Waals surface area (Å²) in [6.45, 7) is 10.3. The Balaban J connectivity index is 2.22. The molecular formula is C13H24N6O. The molecule has 2 N–H and O–H groups in total. The van der Waals surface area contributed by atoms with E-state index in [1.54, 1.807) is 0 Å². The fourth-order valence-corrected chi connectivity index (χ4v) is 2.31. The first-order valence-electron chi connectivity index (χ1n) is 7.30. The highest BCUT2D eigenvalue weighted by molar-refractivity contribution is 5.43. The summed E-state index contributed by atoms with van der Waals surface area (Å²) in [7, 11) is 0. The number of hydrogen-bond acceptors (Lipinski definition) is 7. The fraction of sp³-hybridized carbons (Fsp3) is 0.769.